The zero-order valence-electron chi connectivity index (χ0n) is 11.4. The molecule has 0 spiro atoms. The number of ether oxygens (including phenoxy) is 1. The van der Waals surface area contributed by atoms with E-state index < -0.39 is 0 Å². The number of rotatable bonds is 4. The van der Waals surface area contributed by atoms with E-state index in [1.807, 2.05) is 32.0 Å². The quantitative estimate of drug-likeness (QED) is 0.873. The summed E-state index contributed by atoms with van der Waals surface area (Å²) in [5.74, 6) is 0.443. The Kier molecular flexibility index (Phi) is 4.35. The summed E-state index contributed by atoms with van der Waals surface area (Å²) in [6, 6.07) is 10.2. The molecule has 0 atom stereocenters. The topological polar surface area (TPSA) is 35.2 Å². The molecule has 0 heterocycles. The van der Waals surface area contributed by atoms with Crippen LogP contribution < -0.4 is 10.5 Å². The first-order valence-electron chi connectivity index (χ1n) is 6.25. The highest BCUT2D eigenvalue weighted by molar-refractivity contribution is 7.80. The molecule has 0 radical (unpaired) electrons. The highest BCUT2D eigenvalue weighted by Crippen LogP contribution is 2.21. The van der Waals surface area contributed by atoms with Gasteiger partial charge in [0.1, 0.15) is 23.2 Å². The maximum Gasteiger partial charge on any atom is 0.123 e. The third kappa shape index (κ3) is 3.33. The van der Waals surface area contributed by atoms with Crippen molar-refractivity contribution >= 4 is 17.2 Å². The number of aryl methyl sites for hydroxylation is 2. The summed E-state index contributed by atoms with van der Waals surface area (Å²) in [5, 5.41) is 0. The lowest BCUT2D eigenvalue weighted by atomic mass is 10.1. The molecule has 2 aromatic rings. The smallest absolute Gasteiger partial charge is 0.123 e. The van der Waals surface area contributed by atoms with Gasteiger partial charge in [0.15, 0.2) is 0 Å². The van der Waals surface area contributed by atoms with Crippen LogP contribution in [0.5, 0.6) is 5.75 Å². The predicted octanol–water partition coefficient (Wildman–Crippen LogP) is 3.66. The SMILES string of the molecule is Cc1ccc(OCc2cc(F)ccc2C(N)=S)c(C)c1. The third-order valence-corrected chi connectivity index (χ3v) is 3.27. The average molecular weight is 289 g/mol. The summed E-state index contributed by atoms with van der Waals surface area (Å²) in [7, 11) is 0. The van der Waals surface area contributed by atoms with Crippen molar-refractivity contribution in [2.75, 3.05) is 0 Å². The Morgan fingerprint density at radius 1 is 1.20 bits per heavy atom. The Bertz CT molecular complexity index is 655. The number of benzene rings is 2. The molecule has 0 aliphatic carbocycles. The van der Waals surface area contributed by atoms with Gasteiger partial charge in [-0.2, -0.15) is 0 Å². The molecule has 0 aliphatic rings. The summed E-state index contributed by atoms with van der Waals surface area (Å²) in [5.41, 5.74) is 9.14. The lowest BCUT2D eigenvalue weighted by Crippen LogP contribution is -2.14. The molecule has 2 nitrogen and oxygen atoms in total. The Morgan fingerprint density at radius 2 is 1.95 bits per heavy atom. The molecular formula is C16H16FNOS. The Morgan fingerprint density at radius 3 is 2.60 bits per heavy atom. The van der Waals surface area contributed by atoms with Crippen LogP contribution in [0.2, 0.25) is 0 Å². The van der Waals surface area contributed by atoms with Crippen LogP contribution in [-0.4, -0.2) is 4.99 Å². The van der Waals surface area contributed by atoms with Crippen molar-refractivity contribution in [1.29, 1.82) is 0 Å². The Labute approximate surface area is 123 Å². The molecule has 0 fully saturated rings. The first-order valence-corrected chi connectivity index (χ1v) is 6.66. The van der Waals surface area contributed by atoms with Crippen molar-refractivity contribution in [3.05, 3.63) is 64.5 Å². The van der Waals surface area contributed by atoms with Gasteiger partial charge >= 0.3 is 0 Å². The zero-order chi connectivity index (χ0) is 14.7. The number of halogens is 1. The second-order valence-corrected chi connectivity index (χ2v) is 5.16. The number of hydrogen-bond acceptors (Lipinski definition) is 2. The van der Waals surface area contributed by atoms with Gasteiger partial charge in [0.05, 0.1) is 0 Å². The van der Waals surface area contributed by atoms with E-state index in [0.29, 0.717) is 11.1 Å². The van der Waals surface area contributed by atoms with Gasteiger partial charge in [0.25, 0.3) is 0 Å². The van der Waals surface area contributed by atoms with Crippen LogP contribution in [0.1, 0.15) is 22.3 Å². The first-order chi connectivity index (χ1) is 9.47. The fourth-order valence-corrected chi connectivity index (χ4v) is 2.24. The molecule has 4 heteroatoms. The molecular weight excluding hydrogens is 273 g/mol. The maximum absolute atomic E-state index is 13.3. The van der Waals surface area contributed by atoms with Crippen LogP contribution in [0.4, 0.5) is 4.39 Å². The largest absolute Gasteiger partial charge is 0.489 e. The predicted molar refractivity (Wildman–Crippen MR) is 82.5 cm³/mol. The Hall–Kier alpha value is -1.94. The highest BCUT2D eigenvalue weighted by atomic mass is 32.1. The van der Waals surface area contributed by atoms with Gasteiger partial charge in [-0.25, -0.2) is 4.39 Å². The number of hydrogen-bond donors (Lipinski definition) is 1. The minimum atomic E-state index is -0.329. The van der Waals surface area contributed by atoms with E-state index in [4.69, 9.17) is 22.7 Å². The van der Waals surface area contributed by atoms with E-state index in [0.717, 1.165) is 11.3 Å². The summed E-state index contributed by atoms with van der Waals surface area (Å²) in [6.07, 6.45) is 0. The van der Waals surface area contributed by atoms with E-state index in [1.165, 1.54) is 17.7 Å². The van der Waals surface area contributed by atoms with Gasteiger partial charge < -0.3 is 10.5 Å². The van der Waals surface area contributed by atoms with E-state index in [2.05, 4.69) is 0 Å². The molecule has 104 valence electrons. The standard InChI is InChI=1S/C16H16FNOS/c1-10-3-6-15(11(2)7-10)19-9-12-8-13(17)4-5-14(12)16(18)20/h3-8H,9H2,1-2H3,(H2,18,20). The molecule has 0 aromatic heterocycles. The second-order valence-electron chi connectivity index (χ2n) is 4.72. The molecule has 0 unspecified atom stereocenters. The fraction of sp³-hybridized carbons (Fsp3) is 0.188. The summed E-state index contributed by atoms with van der Waals surface area (Å²) in [6.45, 7) is 4.23. The molecule has 0 saturated carbocycles. The molecule has 0 amide bonds. The first kappa shape index (κ1) is 14.5. The number of thiocarbonyl (C=S) groups is 1. The highest BCUT2D eigenvalue weighted by Gasteiger charge is 2.08. The van der Waals surface area contributed by atoms with Crippen LogP contribution in [0, 0.1) is 19.7 Å². The van der Waals surface area contributed by atoms with Gasteiger partial charge in [-0.1, -0.05) is 29.9 Å². The monoisotopic (exact) mass is 289 g/mol. The number of nitrogens with two attached hydrogens (primary N) is 1. The van der Waals surface area contributed by atoms with Gasteiger partial charge in [0, 0.05) is 11.1 Å². The summed E-state index contributed by atoms with van der Waals surface area (Å²) in [4.78, 5) is 0.240. The van der Waals surface area contributed by atoms with Gasteiger partial charge in [-0.15, -0.1) is 0 Å². The van der Waals surface area contributed by atoms with Crippen molar-refractivity contribution in [3.8, 4) is 5.75 Å². The Balaban J connectivity index is 2.22. The van der Waals surface area contributed by atoms with Crippen molar-refractivity contribution in [2.24, 2.45) is 5.73 Å². The summed E-state index contributed by atoms with van der Waals surface area (Å²) >= 11 is 4.97. The van der Waals surface area contributed by atoms with Crippen molar-refractivity contribution < 1.29 is 9.13 Å². The molecule has 2 rings (SSSR count). The van der Waals surface area contributed by atoms with Crippen LogP contribution in [0.15, 0.2) is 36.4 Å². The molecule has 0 aliphatic heterocycles. The maximum atomic E-state index is 13.3. The lowest BCUT2D eigenvalue weighted by Gasteiger charge is -2.12. The van der Waals surface area contributed by atoms with Crippen LogP contribution >= 0.6 is 12.2 Å². The van der Waals surface area contributed by atoms with Crippen LogP contribution in [0.3, 0.4) is 0 Å². The fourth-order valence-electron chi connectivity index (χ4n) is 2.04. The normalized spacial score (nSPS) is 10.3. The second kappa shape index (κ2) is 6.01. The molecule has 2 aromatic carbocycles. The van der Waals surface area contributed by atoms with Crippen LogP contribution in [0.25, 0.3) is 0 Å². The van der Waals surface area contributed by atoms with E-state index in [9.17, 15) is 4.39 Å². The minimum absolute atomic E-state index is 0.230. The van der Waals surface area contributed by atoms with E-state index >= 15 is 0 Å². The van der Waals surface area contributed by atoms with Crippen LogP contribution in [-0.2, 0) is 6.61 Å². The van der Waals surface area contributed by atoms with E-state index in [1.54, 1.807) is 6.07 Å². The van der Waals surface area contributed by atoms with Gasteiger partial charge in [-0.05, 0) is 43.7 Å². The molecule has 2 N–H and O–H groups in total. The molecule has 20 heavy (non-hydrogen) atoms. The van der Waals surface area contributed by atoms with Gasteiger partial charge in [0.2, 0.25) is 0 Å². The zero-order valence-corrected chi connectivity index (χ0v) is 12.3. The average Bonchev–Trinajstić information content (AvgIpc) is 2.37. The molecule has 0 saturated heterocycles. The van der Waals surface area contributed by atoms with Gasteiger partial charge in [-0.3, -0.25) is 0 Å². The molecule has 0 bridgehead atoms. The minimum Gasteiger partial charge on any atom is -0.489 e. The lowest BCUT2D eigenvalue weighted by molar-refractivity contribution is 0.303. The van der Waals surface area contributed by atoms with Crippen molar-refractivity contribution in [1.82, 2.24) is 0 Å². The van der Waals surface area contributed by atoms with Crippen molar-refractivity contribution in [2.45, 2.75) is 20.5 Å². The summed E-state index contributed by atoms with van der Waals surface area (Å²) < 4.78 is 19.1. The van der Waals surface area contributed by atoms with Crippen molar-refractivity contribution in [3.63, 3.8) is 0 Å². The third-order valence-electron chi connectivity index (χ3n) is 3.05. The van der Waals surface area contributed by atoms with E-state index in [-0.39, 0.29) is 17.4 Å².